The summed E-state index contributed by atoms with van der Waals surface area (Å²) in [6.07, 6.45) is 3.72. The number of aryl methyl sites for hydroxylation is 1. The van der Waals surface area contributed by atoms with Crippen molar-refractivity contribution in [1.82, 2.24) is 20.2 Å². The first kappa shape index (κ1) is 15.2. The average Bonchev–Trinajstić information content (AvgIpc) is 3.04. The molecule has 1 amide bonds. The molecule has 0 fully saturated rings. The summed E-state index contributed by atoms with van der Waals surface area (Å²) >= 11 is 6.01. The van der Waals surface area contributed by atoms with Crippen LogP contribution in [0.4, 0.5) is 5.69 Å². The highest BCUT2D eigenvalue weighted by Crippen LogP contribution is 2.26. The minimum absolute atomic E-state index is 0.300. The van der Waals surface area contributed by atoms with E-state index in [1.54, 1.807) is 12.1 Å². The quantitative estimate of drug-likeness (QED) is 0.769. The Kier molecular flexibility index (Phi) is 4.34. The highest BCUT2D eigenvalue weighted by atomic mass is 35.5. The van der Waals surface area contributed by atoms with Crippen LogP contribution in [0.25, 0.3) is 11.4 Å². The first-order valence-electron chi connectivity index (χ1n) is 7.10. The molecule has 6 nitrogen and oxygen atoms in total. The smallest absolute Gasteiger partial charge is 0.257 e. The monoisotopic (exact) mass is 327 g/mol. The predicted octanol–water partition coefficient (Wildman–Crippen LogP) is 3.33. The van der Waals surface area contributed by atoms with Gasteiger partial charge in [0.1, 0.15) is 5.82 Å². The van der Waals surface area contributed by atoms with Crippen molar-refractivity contribution in [3.05, 3.63) is 59.1 Å². The Hall–Kier alpha value is -2.73. The summed E-state index contributed by atoms with van der Waals surface area (Å²) in [5.41, 5.74) is 1.72. The van der Waals surface area contributed by atoms with Crippen molar-refractivity contribution in [2.24, 2.45) is 0 Å². The zero-order valence-corrected chi connectivity index (χ0v) is 13.1. The maximum atomic E-state index is 12.4. The van der Waals surface area contributed by atoms with Gasteiger partial charge in [-0.15, -0.1) is 0 Å². The molecule has 116 valence electrons. The molecule has 0 radical (unpaired) electrons. The van der Waals surface area contributed by atoms with E-state index in [4.69, 9.17) is 11.6 Å². The van der Waals surface area contributed by atoms with Crippen molar-refractivity contribution in [2.75, 3.05) is 5.32 Å². The minimum atomic E-state index is -0.309. The zero-order valence-electron chi connectivity index (χ0n) is 12.4. The second kappa shape index (κ2) is 6.58. The number of nitrogens with zero attached hydrogens (tertiary/aromatic N) is 3. The van der Waals surface area contributed by atoms with Crippen LogP contribution in [0.2, 0.25) is 5.02 Å². The number of halogens is 1. The molecule has 0 bridgehead atoms. The Bertz CT molecular complexity index is 846. The fourth-order valence-corrected chi connectivity index (χ4v) is 2.32. The molecule has 3 aromatic rings. The Balaban J connectivity index is 1.92. The van der Waals surface area contributed by atoms with E-state index in [0.717, 1.165) is 17.8 Å². The normalized spacial score (nSPS) is 10.5. The number of benzene rings is 1. The molecule has 3 rings (SSSR count). The Morgan fingerprint density at radius 1 is 1.30 bits per heavy atom. The van der Waals surface area contributed by atoms with Crippen molar-refractivity contribution < 1.29 is 4.79 Å². The number of rotatable bonds is 4. The molecule has 2 heterocycles. The summed E-state index contributed by atoms with van der Waals surface area (Å²) in [4.78, 5) is 20.7. The van der Waals surface area contributed by atoms with Crippen LogP contribution in [-0.4, -0.2) is 26.1 Å². The van der Waals surface area contributed by atoms with E-state index in [1.807, 2.05) is 25.1 Å². The zero-order chi connectivity index (χ0) is 16.2. The first-order valence-corrected chi connectivity index (χ1v) is 7.48. The van der Waals surface area contributed by atoms with E-state index in [1.165, 1.54) is 12.4 Å². The fraction of sp³-hybridized carbons (Fsp3) is 0.125. The van der Waals surface area contributed by atoms with Gasteiger partial charge < -0.3 is 5.32 Å². The van der Waals surface area contributed by atoms with Gasteiger partial charge in [0, 0.05) is 24.4 Å². The van der Waals surface area contributed by atoms with Crippen molar-refractivity contribution in [1.29, 1.82) is 0 Å². The van der Waals surface area contributed by atoms with Gasteiger partial charge in [-0.2, -0.15) is 5.10 Å². The fourth-order valence-electron chi connectivity index (χ4n) is 2.11. The van der Waals surface area contributed by atoms with Crippen LogP contribution in [-0.2, 0) is 6.42 Å². The number of anilines is 1. The number of aromatic nitrogens is 4. The molecular formula is C16H14ClN5O. The summed E-state index contributed by atoms with van der Waals surface area (Å²) < 4.78 is 0. The number of hydrogen-bond acceptors (Lipinski definition) is 4. The van der Waals surface area contributed by atoms with E-state index < -0.39 is 0 Å². The lowest BCUT2D eigenvalue weighted by molar-refractivity contribution is 0.102. The lowest BCUT2D eigenvalue weighted by Gasteiger charge is -2.09. The third-order valence-corrected chi connectivity index (χ3v) is 3.60. The molecule has 0 aliphatic rings. The lowest BCUT2D eigenvalue weighted by atomic mass is 10.1. The van der Waals surface area contributed by atoms with E-state index in [2.05, 4.69) is 25.5 Å². The summed E-state index contributed by atoms with van der Waals surface area (Å²) in [5.74, 6) is 1.02. The van der Waals surface area contributed by atoms with Crippen LogP contribution >= 0.6 is 11.6 Å². The van der Waals surface area contributed by atoms with Crippen LogP contribution in [0.15, 0.2) is 42.7 Å². The van der Waals surface area contributed by atoms with E-state index in [0.29, 0.717) is 22.1 Å². The number of para-hydroxylation sites is 1. The Morgan fingerprint density at radius 2 is 2.13 bits per heavy atom. The molecule has 0 aliphatic carbocycles. The SMILES string of the molecule is CCc1nc(-c2ccccc2NC(=O)c2ccncc2Cl)n[nH]1. The predicted molar refractivity (Wildman–Crippen MR) is 88.4 cm³/mol. The van der Waals surface area contributed by atoms with E-state index in [-0.39, 0.29) is 5.91 Å². The molecule has 0 aliphatic heterocycles. The maximum absolute atomic E-state index is 12.4. The third-order valence-electron chi connectivity index (χ3n) is 3.30. The highest BCUT2D eigenvalue weighted by Gasteiger charge is 2.15. The highest BCUT2D eigenvalue weighted by molar-refractivity contribution is 6.34. The second-order valence-electron chi connectivity index (χ2n) is 4.81. The molecule has 2 aromatic heterocycles. The summed E-state index contributed by atoms with van der Waals surface area (Å²) in [7, 11) is 0. The van der Waals surface area contributed by atoms with E-state index >= 15 is 0 Å². The van der Waals surface area contributed by atoms with E-state index in [9.17, 15) is 4.79 Å². The van der Waals surface area contributed by atoms with Gasteiger partial charge in [0.15, 0.2) is 5.82 Å². The Morgan fingerprint density at radius 3 is 2.87 bits per heavy atom. The molecule has 0 spiro atoms. The number of aromatic amines is 1. The van der Waals surface area contributed by atoms with Crippen molar-refractivity contribution in [2.45, 2.75) is 13.3 Å². The van der Waals surface area contributed by atoms with Gasteiger partial charge in [0.05, 0.1) is 16.3 Å². The second-order valence-corrected chi connectivity index (χ2v) is 5.22. The van der Waals surface area contributed by atoms with Gasteiger partial charge >= 0.3 is 0 Å². The number of hydrogen-bond donors (Lipinski definition) is 2. The number of carbonyl (C=O) groups is 1. The van der Waals surface area contributed by atoms with Gasteiger partial charge in [0.2, 0.25) is 0 Å². The molecule has 0 saturated carbocycles. The van der Waals surface area contributed by atoms with Gasteiger partial charge in [-0.3, -0.25) is 14.9 Å². The van der Waals surface area contributed by atoms with Crippen molar-refractivity contribution in [3.8, 4) is 11.4 Å². The maximum Gasteiger partial charge on any atom is 0.257 e. The lowest BCUT2D eigenvalue weighted by Crippen LogP contribution is -2.13. The van der Waals surface area contributed by atoms with Crippen LogP contribution in [0.1, 0.15) is 23.1 Å². The molecule has 0 saturated heterocycles. The molecule has 7 heteroatoms. The summed E-state index contributed by atoms with van der Waals surface area (Å²) in [5, 5.41) is 10.2. The van der Waals surface area contributed by atoms with Crippen LogP contribution < -0.4 is 5.32 Å². The summed E-state index contributed by atoms with van der Waals surface area (Å²) in [6, 6.07) is 8.92. The molecule has 2 N–H and O–H groups in total. The standard InChI is InChI=1S/C16H14ClN5O/c1-2-14-20-15(22-21-14)11-5-3-4-6-13(11)19-16(23)10-7-8-18-9-12(10)17/h3-9H,2H2,1H3,(H,19,23)(H,20,21,22). The minimum Gasteiger partial charge on any atom is -0.321 e. The van der Waals surface area contributed by atoms with Crippen molar-refractivity contribution in [3.63, 3.8) is 0 Å². The van der Waals surface area contributed by atoms with Crippen LogP contribution in [0.3, 0.4) is 0 Å². The van der Waals surface area contributed by atoms with Gasteiger partial charge in [0.25, 0.3) is 5.91 Å². The topological polar surface area (TPSA) is 83.6 Å². The molecule has 23 heavy (non-hydrogen) atoms. The average molecular weight is 328 g/mol. The number of carbonyl (C=O) groups excluding carboxylic acids is 1. The van der Waals surface area contributed by atoms with Crippen LogP contribution in [0.5, 0.6) is 0 Å². The molecule has 1 aromatic carbocycles. The summed E-state index contributed by atoms with van der Waals surface area (Å²) in [6.45, 7) is 1.99. The Labute approximate surface area is 137 Å². The third kappa shape index (κ3) is 3.22. The first-order chi connectivity index (χ1) is 11.2. The number of amides is 1. The van der Waals surface area contributed by atoms with Gasteiger partial charge in [-0.05, 0) is 18.2 Å². The number of nitrogens with one attached hydrogen (secondary N) is 2. The molecular weight excluding hydrogens is 314 g/mol. The number of pyridine rings is 1. The van der Waals surface area contributed by atoms with Gasteiger partial charge in [-0.25, -0.2) is 4.98 Å². The van der Waals surface area contributed by atoms with Crippen LogP contribution in [0, 0.1) is 0 Å². The molecule has 0 atom stereocenters. The number of H-pyrrole nitrogens is 1. The van der Waals surface area contributed by atoms with Gasteiger partial charge in [-0.1, -0.05) is 30.7 Å². The largest absolute Gasteiger partial charge is 0.321 e. The van der Waals surface area contributed by atoms with Crippen molar-refractivity contribution >= 4 is 23.2 Å². The molecule has 0 unspecified atom stereocenters.